The summed E-state index contributed by atoms with van der Waals surface area (Å²) in [4.78, 5) is 36.0. The van der Waals surface area contributed by atoms with Gasteiger partial charge in [0.25, 0.3) is 0 Å². The van der Waals surface area contributed by atoms with Crippen molar-refractivity contribution < 1.29 is 54.1 Å². The molecule has 0 bridgehead atoms. The number of hydrogen-bond acceptors (Lipinski definition) is 12. The quantitative estimate of drug-likeness (QED) is 0.116. The van der Waals surface area contributed by atoms with Crippen molar-refractivity contribution in [3.8, 4) is 23.0 Å². The molecule has 10 rings (SSSR count). The van der Waals surface area contributed by atoms with Crippen LogP contribution < -0.4 is 18.9 Å². The zero-order valence-electron chi connectivity index (χ0n) is 35.9. The number of nitrogens with zero attached hydrogens (tertiary/aromatic N) is 3. The fourth-order valence-electron chi connectivity index (χ4n) is 10.8. The molecule has 2 aliphatic carbocycles. The first-order valence-electron chi connectivity index (χ1n) is 20.9. The first-order valence-corrected chi connectivity index (χ1v) is 21.7. The molecular weight excluding hydrogens is 889 g/mol. The summed E-state index contributed by atoms with van der Waals surface area (Å²) in [7, 11) is 6.35. The zero-order valence-corrected chi connectivity index (χ0v) is 37.5. The molecule has 0 radical (unpaired) electrons. The summed E-state index contributed by atoms with van der Waals surface area (Å²) in [6, 6.07) is 35.1. The Balaban J connectivity index is 0.000000166. The van der Waals surface area contributed by atoms with Gasteiger partial charge in [-0.15, -0.1) is 0 Å². The molecule has 4 heterocycles. The van der Waals surface area contributed by atoms with Gasteiger partial charge in [-0.2, -0.15) is 0 Å². The summed E-state index contributed by atoms with van der Waals surface area (Å²) < 4.78 is 23.6. The first kappa shape index (κ1) is 44.9. The Bertz CT molecular complexity index is 2810. The van der Waals surface area contributed by atoms with Crippen LogP contribution in [0.2, 0.25) is 10.0 Å². The summed E-state index contributed by atoms with van der Waals surface area (Å²) in [5.74, 6) is -3.97. The number of halogens is 2. The average molecular weight is 935 g/mol. The summed E-state index contributed by atoms with van der Waals surface area (Å²) >= 11 is 12.3. The molecule has 66 heavy (non-hydrogen) atoms. The van der Waals surface area contributed by atoms with E-state index in [0.29, 0.717) is 33.2 Å². The van der Waals surface area contributed by atoms with Crippen molar-refractivity contribution in [3.05, 3.63) is 177 Å². The number of carbonyl (C=O) groups excluding carboxylic acids is 1. The highest BCUT2D eigenvalue weighted by Gasteiger charge is 2.79. The Morgan fingerprint density at radius 1 is 0.621 bits per heavy atom. The average Bonchev–Trinajstić information content (AvgIpc) is 3.89. The third-order valence-electron chi connectivity index (χ3n) is 13.5. The molecule has 14 nitrogen and oxygen atoms in total. The number of benzene rings is 4. The van der Waals surface area contributed by atoms with Gasteiger partial charge in [-0.05, 0) is 46.5 Å². The number of rotatable bonds is 8. The number of aliphatic hydroxyl groups is 4. The second-order valence-corrected chi connectivity index (χ2v) is 17.8. The molecule has 10 atom stereocenters. The molecule has 340 valence electrons. The van der Waals surface area contributed by atoms with Gasteiger partial charge in [-0.3, -0.25) is 19.6 Å². The lowest BCUT2D eigenvalue weighted by molar-refractivity contribution is -0.160. The predicted molar refractivity (Wildman–Crippen MR) is 241 cm³/mol. The highest BCUT2D eigenvalue weighted by molar-refractivity contribution is 6.30. The third-order valence-corrected chi connectivity index (χ3v) is 13.9. The lowest BCUT2D eigenvalue weighted by Crippen LogP contribution is -2.52. The summed E-state index contributed by atoms with van der Waals surface area (Å²) in [6.45, 7) is 0. The number of aromatic nitrogens is 2. The van der Waals surface area contributed by atoms with Crippen LogP contribution in [0.25, 0.3) is 0 Å². The highest BCUT2D eigenvalue weighted by Crippen LogP contribution is 2.70. The smallest absolute Gasteiger partial charge is 0.310 e. The minimum Gasteiger partial charge on any atom is -0.497 e. The number of fused-ring (bicyclic) bond motifs is 6. The molecule has 2 aliphatic heterocycles. The molecular formula is C50H45Cl2N3O11. The largest absolute Gasteiger partial charge is 0.497 e. The second-order valence-electron chi connectivity index (χ2n) is 17.0. The molecule has 5 N–H and O–H groups in total. The standard InChI is InChI=1S/C26H25ClN2O5.C24H20ClNO6/c1-29(2)24(31)20-21(15-7-5-4-6-8-15)26(16-9-11-18(33-3)12-10-16)25(32,23(20)30)22-19(34-26)13-17(27)14-28-22;1-31-16-9-7-14(8-10-16)24-19(13-5-3-2-4-6-13)18(22(28)29)21(27)23(24,30)20-17(32-24)11-15(25)12-26-20/h4-14,20-21,23,30,32H,1-3H3;2-12,18-19,21,27,30H,1H3,(H,28,29)/t20-,21-,23-,25+,26+;18-,19-,21-,23+,24+/m11/s1. The van der Waals surface area contributed by atoms with Gasteiger partial charge in [0.15, 0.2) is 22.4 Å². The van der Waals surface area contributed by atoms with Crippen LogP contribution in [-0.4, -0.2) is 92.8 Å². The zero-order chi connectivity index (χ0) is 46.9. The molecule has 2 aromatic heterocycles. The molecule has 2 saturated carbocycles. The van der Waals surface area contributed by atoms with Crippen LogP contribution in [0.4, 0.5) is 0 Å². The molecule has 0 saturated heterocycles. The maximum Gasteiger partial charge on any atom is 0.310 e. The number of carboxylic acids is 1. The van der Waals surface area contributed by atoms with Crippen molar-refractivity contribution >= 4 is 35.1 Å². The van der Waals surface area contributed by atoms with E-state index in [9.17, 15) is 35.1 Å². The van der Waals surface area contributed by atoms with Crippen LogP contribution >= 0.6 is 23.2 Å². The van der Waals surface area contributed by atoms with Crippen LogP contribution in [0.1, 0.15) is 45.5 Å². The summed E-state index contributed by atoms with van der Waals surface area (Å²) in [5, 5.41) is 58.4. The maximum absolute atomic E-state index is 13.5. The predicted octanol–water partition coefficient (Wildman–Crippen LogP) is 6.16. The molecule has 4 aliphatic rings. The van der Waals surface area contributed by atoms with Crippen LogP contribution in [0.5, 0.6) is 23.0 Å². The van der Waals surface area contributed by atoms with Gasteiger partial charge in [0.05, 0.1) is 36.1 Å². The Morgan fingerprint density at radius 2 is 1.00 bits per heavy atom. The van der Waals surface area contributed by atoms with Crippen molar-refractivity contribution in [2.75, 3.05) is 28.3 Å². The monoisotopic (exact) mass is 933 g/mol. The van der Waals surface area contributed by atoms with E-state index in [-0.39, 0.29) is 33.8 Å². The Kier molecular flexibility index (Phi) is 11.3. The van der Waals surface area contributed by atoms with Crippen LogP contribution in [0, 0.1) is 11.8 Å². The fraction of sp³-hybridized carbons (Fsp3) is 0.280. The van der Waals surface area contributed by atoms with E-state index >= 15 is 0 Å². The summed E-state index contributed by atoms with van der Waals surface area (Å²) in [5.41, 5.74) is -4.82. The number of hydrogen-bond donors (Lipinski definition) is 5. The van der Waals surface area contributed by atoms with Crippen LogP contribution in [0.15, 0.2) is 134 Å². The lowest BCUT2D eigenvalue weighted by atomic mass is 9.71. The molecule has 6 aromatic rings. The van der Waals surface area contributed by atoms with E-state index in [0.717, 1.165) is 5.56 Å². The SMILES string of the molecule is COc1ccc([C@@]23Oc4cc(Cl)cnc4[C@]2(O)[C@H](O)[C@H](C(=O)N(C)C)[C@H]3c2ccccc2)cc1.COc1ccc([C@@]23Oc4cc(Cl)cnc4[C@]2(O)[C@H](O)[C@H](C(=O)O)[C@H]3c2ccccc2)cc1. The normalized spacial score (nSPS) is 29.7. The number of methoxy groups -OCH3 is 2. The first-order chi connectivity index (χ1) is 31.6. The Labute approximate surface area is 389 Å². The van der Waals surface area contributed by atoms with Gasteiger partial charge in [-0.1, -0.05) is 108 Å². The van der Waals surface area contributed by atoms with Crippen LogP contribution in [0.3, 0.4) is 0 Å². The summed E-state index contributed by atoms with van der Waals surface area (Å²) in [6.07, 6.45) is -0.478. The van der Waals surface area contributed by atoms with E-state index < -0.39 is 64.3 Å². The van der Waals surface area contributed by atoms with Gasteiger partial charge in [-0.25, -0.2) is 0 Å². The third kappa shape index (κ3) is 6.30. The number of aliphatic carboxylic acids is 1. The molecule has 4 aromatic carbocycles. The Hall–Kier alpha value is -6.26. The molecule has 0 spiro atoms. The van der Waals surface area contributed by atoms with Gasteiger partial charge in [0.1, 0.15) is 46.6 Å². The maximum atomic E-state index is 13.5. The van der Waals surface area contributed by atoms with Gasteiger partial charge in [0.2, 0.25) is 5.91 Å². The van der Waals surface area contributed by atoms with Crippen molar-refractivity contribution in [1.82, 2.24) is 14.9 Å². The highest BCUT2D eigenvalue weighted by atomic mass is 35.5. The topological polar surface area (TPSA) is 201 Å². The van der Waals surface area contributed by atoms with E-state index in [1.54, 1.807) is 100 Å². The molecule has 16 heteroatoms. The van der Waals surface area contributed by atoms with Crippen molar-refractivity contribution in [1.29, 1.82) is 0 Å². The number of pyridine rings is 2. The number of carboxylic acid groups (broad SMARTS) is 1. The number of carbonyl (C=O) groups is 2. The second kappa shape index (κ2) is 16.6. The van der Waals surface area contributed by atoms with E-state index in [4.69, 9.17) is 42.1 Å². The fourth-order valence-corrected chi connectivity index (χ4v) is 11.1. The van der Waals surface area contributed by atoms with E-state index in [2.05, 4.69) is 9.97 Å². The Morgan fingerprint density at radius 3 is 1.36 bits per heavy atom. The number of amides is 1. The minimum atomic E-state index is -2.15. The lowest BCUT2D eigenvalue weighted by Gasteiger charge is -2.40. The van der Waals surface area contributed by atoms with E-state index in [1.807, 2.05) is 36.4 Å². The molecule has 0 unspecified atom stereocenters. The minimum absolute atomic E-state index is 0.0508. The van der Waals surface area contributed by atoms with Crippen molar-refractivity contribution in [3.63, 3.8) is 0 Å². The van der Waals surface area contributed by atoms with E-state index in [1.165, 1.54) is 30.5 Å². The van der Waals surface area contributed by atoms with Crippen LogP contribution in [-0.2, 0) is 32.0 Å². The molecule has 2 fully saturated rings. The van der Waals surface area contributed by atoms with Gasteiger partial charge >= 0.3 is 5.97 Å². The molecule has 1 amide bonds. The van der Waals surface area contributed by atoms with Gasteiger partial charge < -0.3 is 49.4 Å². The number of aliphatic hydroxyl groups excluding tert-OH is 2. The van der Waals surface area contributed by atoms with Gasteiger partial charge in [0, 0.05) is 50.5 Å². The van der Waals surface area contributed by atoms with Crippen molar-refractivity contribution in [2.45, 2.75) is 46.4 Å². The number of ether oxygens (including phenoxy) is 4. The van der Waals surface area contributed by atoms with Crippen molar-refractivity contribution in [2.24, 2.45) is 11.8 Å².